The molecule has 0 radical (unpaired) electrons. The largest absolute Gasteiger partial charge is 0.487 e. The maximum atomic E-state index is 6.03. The van der Waals surface area contributed by atoms with E-state index in [0.29, 0.717) is 6.61 Å². The second kappa shape index (κ2) is 5.72. The highest BCUT2D eigenvalue weighted by Gasteiger charge is 2.21. The molecule has 114 valence electrons. The molecule has 2 aromatic rings. The minimum absolute atomic E-state index is 0.561. The summed E-state index contributed by atoms with van der Waals surface area (Å²) in [5.41, 5.74) is 4.62. The predicted molar refractivity (Wildman–Crippen MR) is 92.6 cm³/mol. The van der Waals surface area contributed by atoms with Gasteiger partial charge in [-0.2, -0.15) is 11.8 Å². The number of ether oxygens (including phenoxy) is 1. The molecule has 22 heavy (non-hydrogen) atoms. The molecule has 4 nitrogen and oxygen atoms in total. The van der Waals surface area contributed by atoms with Gasteiger partial charge in [0, 0.05) is 36.5 Å². The molecule has 4 rings (SSSR count). The van der Waals surface area contributed by atoms with E-state index in [2.05, 4.69) is 40.3 Å². The van der Waals surface area contributed by atoms with Crippen LogP contribution in [0.25, 0.3) is 0 Å². The average Bonchev–Trinajstić information content (AvgIpc) is 2.74. The monoisotopic (exact) mass is 313 g/mol. The number of anilines is 3. The second-order valence-corrected chi connectivity index (χ2v) is 6.89. The van der Waals surface area contributed by atoms with Crippen LogP contribution in [-0.2, 0) is 6.61 Å². The Morgan fingerprint density at radius 3 is 2.95 bits per heavy atom. The molecular weight excluding hydrogens is 294 g/mol. The topological polar surface area (TPSA) is 37.4 Å². The highest BCUT2D eigenvalue weighted by atomic mass is 32.2. The van der Waals surface area contributed by atoms with Gasteiger partial charge >= 0.3 is 0 Å². The third-order valence-electron chi connectivity index (χ3n) is 4.14. The van der Waals surface area contributed by atoms with Crippen molar-refractivity contribution in [2.75, 3.05) is 34.8 Å². The van der Waals surface area contributed by atoms with Gasteiger partial charge in [0.15, 0.2) is 0 Å². The van der Waals surface area contributed by atoms with E-state index >= 15 is 0 Å². The van der Waals surface area contributed by atoms with Crippen LogP contribution in [-0.4, -0.2) is 29.6 Å². The van der Waals surface area contributed by atoms with Gasteiger partial charge in [-0.3, -0.25) is 0 Å². The SMILES string of the molecule is Cc1ccc2c(c1)Nc1nccc(N3CCSCC3)c1CO2. The molecule has 1 saturated heterocycles. The van der Waals surface area contributed by atoms with Gasteiger partial charge in [-0.05, 0) is 30.7 Å². The fraction of sp³-hybridized carbons (Fsp3) is 0.353. The lowest BCUT2D eigenvalue weighted by atomic mass is 10.2. The summed E-state index contributed by atoms with van der Waals surface area (Å²) in [6.07, 6.45) is 1.89. The lowest BCUT2D eigenvalue weighted by molar-refractivity contribution is 0.310. The van der Waals surface area contributed by atoms with Crippen LogP contribution in [0.15, 0.2) is 30.5 Å². The van der Waals surface area contributed by atoms with E-state index in [1.54, 1.807) is 0 Å². The lowest BCUT2D eigenvalue weighted by Gasteiger charge is -2.30. The Morgan fingerprint density at radius 2 is 2.09 bits per heavy atom. The van der Waals surface area contributed by atoms with Crippen molar-refractivity contribution >= 4 is 29.0 Å². The van der Waals surface area contributed by atoms with E-state index in [4.69, 9.17) is 4.74 Å². The van der Waals surface area contributed by atoms with Crippen LogP contribution in [0.4, 0.5) is 17.2 Å². The van der Waals surface area contributed by atoms with E-state index in [0.717, 1.165) is 35.9 Å². The van der Waals surface area contributed by atoms with Crippen LogP contribution in [0.5, 0.6) is 5.75 Å². The number of hydrogen-bond acceptors (Lipinski definition) is 5. The Labute approximate surface area is 134 Å². The second-order valence-electron chi connectivity index (χ2n) is 5.67. The molecule has 0 amide bonds. The summed E-state index contributed by atoms with van der Waals surface area (Å²) < 4.78 is 6.03. The van der Waals surface area contributed by atoms with Crippen molar-refractivity contribution in [3.8, 4) is 5.75 Å². The lowest BCUT2D eigenvalue weighted by Crippen LogP contribution is -2.33. The molecule has 0 unspecified atom stereocenters. The summed E-state index contributed by atoms with van der Waals surface area (Å²) >= 11 is 2.02. The van der Waals surface area contributed by atoms with Gasteiger partial charge in [-0.25, -0.2) is 4.98 Å². The summed E-state index contributed by atoms with van der Waals surface area (Å²) in [6.45, 7) is 4.83. The van der Waals surface area contributed by atoms with Crippen molar-refractivity contribution in [2.45, 2.75) is 13.5 Å². The van der Waals surface area contributed by atoms with Gasteiger partial charge in [0.05, 0.1) is 11.3 Å². The highest BCUT2D eigenvalue weighted by molar-refractivity contribution is 7.99. The van der Waals surface area contributed by atoms with E-state index in [1.165, 1.54) is 22.8 Å². The molecule has 1 N–H and O–H groups in total. The highest BCUT2D eigenvalue weighted by Crippen LogP contribution is 2.37. The fourth-order valence-electron chi connectivity index (χ4n) is 2.98. The summed E-state index contributed by atoms with van der Waals surface area (Å²) in [4.78, 5) is 6.99. The van der Waals surface area contributed by atoms with Crippen molar-refractivity contribution in [3.63, 3.8) is 0 Å². The number of fused-ring (bicyclic) bond motifs is 2. The summed E-state index contributed by atoms with van der Waals surface area (Å²) in [5.74, 6) is 4.18. The Morgan fingerprint density at radius 1 is 1.23 bits per heavy atom. The summed E-state index contributed by atoms with van der Waals surface area (Å²) in [5, 5.41) is 3.46. The van der Waals surface area contributed by atoms with Gasteiger partial charge in [-0.1, -0.05) is 6.07 Å². The van der Waals surface area contributed by atoms with Crippen molar-refractivity contribution in [1.29, 1.82) is 0 Å². The number of benzene rings is 1. The van der Waals surface area contributed by atoms with Crippen LogP contribution in [0.2, 0.25) is 0 Å². The van der Waals surface area contributed by atoms with Crippen molar-refractivity contribution in [1.82, 2.24) is 4.98 Å². The van der Waals surface area contributed by atoms with Crippen LogP contribution in [0.1, 0.15) is 11.1 Å². The Kier molecular flexibility index (Phi) is 3.58. The van der Waals surface area contributed by atoms with Crippen molar-refractivity contribution in [2.24, 2.45) is 0 Å². The Hall–Kier alpha value is -1.88. The van der Waals surface area contributed by atoms with E-state index in [9.17, 15) is 0 Å². The molecule has 1 aromatic heterocycles. The maximum Gasteiger partial charge on any atom is 0.143 e. The van der Waals surface area contributed by atoms with Gasteiger partial charge < -0.3 is 15.0 Å². The number of aryl methyl sites for hydroxylation is 1. The maximum absolute atomic E-state index is 6.03. The van der Waals surface area contributed by atoms with Gasteiger partial charge in [-0.15, -0.1) is 0 Å². The molecule has 2 aliphatic heterocycles. The molecule has 0 spiro atoms. The predicted octanol–water partition coefficient (Wildman–Crippen LogP) is 3.58. The zero-order valence-electron chi connectivity index (χ0n) is 12.6. The Bertz CT molecular complexity index is 698. The number of aromatic nitrogens is 1. The van der Waals surface area contributed by atoms with Crippen LogP contribution >= 0.6 is 11.8 Å². The molecule has 5 heteroatoms. The van der Waals surface area contributed by atoms with Crippen molar-refractivity contribution in [3.05, 3.63) is 41.6 Å². The first-order valence-electron chi connectivity index (χ1n) is 7.62. The van der Waals surface area contributed by atoms with Crippen LogP contribution in [0, 0.1) is 6.92 Å². The minimum Gasteiger partial charge on any atom is -0.487 e. The minimum atomic E-state index is 0.561. The third-order valence-corrected chi connectivity index (χ3v) is 5.09. The first-order valence-corrected chi connectivity index (χ1v) is 8.78. The van der Waals surface area contributed by atoms with E-state index in [-0.39, 0.29) is 0 Å². The zero-order valence-corrected chi connectivity index (χ0v) is 13.4. The Balaban J connectivity index is 1.73. The summed E-state index contributed by atoms with van der Waals surface area (Å²) in [6, 6.07) is 8.32. The third kappa shape index (κ3) is 2.50. The molecule has 1 fully saturated rings. The normalized spacial score (nSPS) is 16.9. The molecule has 2 aliphatic rings. The number of hydrogen-bond donors (Lipinski definition) is 1. The van der Waals surface area contributed by atoms with E-state index in [1.807, 2.05) is 24.0 Å². The molecule has 1 aromatic carbocycles. The zero-order chi connectivity index (χ0) is 14.9. The quantitative estimate of drug-likeness (QED) is 0.871. The number of pyridine rings is 1. The average molecular weight is 313 g/mol. The standard InChI is InChI=1S/C17H19N3OS/c1-12-2-3-16-14(10-12)19-17-13(11-21-16)15(4-5-18-17)20-6-8-22-9-7-20/h2-5,10H,6-9,11H2,1H3,(H,18,19). The summed E-state index contributed by atoms with van der Waals surface area (Å²) in [7, 11) is 0. The molecule has 0 aliphatic carbocycles. The first kappa shape index (κ1) is 13.8. The van der Waals surface area contributed by atoms with Gasteiger partial charge in [0.2, 0.25) is 0 Å². The first-order chi connectivity index (χ1) is 10.8. The molecule has 0 saturated carbocycles. The number of rotatable bonds is 1. The number of nitrogens with one attached hydrogen (secondary N) is 1. The smallest absolute Gasteiger partial charge is 0.143 e. The molecule has 0 bridgehead atoms. The molecule has 0 atom stereocenters. The van der Waals surface area contributed by atoms with Crippen molar-refractivity contribution < 1.29 is 4.74 Å². The van der Waals surface area contributed by atoms with Gasteiger partial charge in [0.25, 0.3) is 0 Å². The number of nitrogens with zero attached hydrogens (tertiary/aromatic N) is 2. The van der Waals surface area contributed by atoms with Crippen LogP contribution < -0.4 is 15.0 Å². The number of thioether (sulfide) groups is 1. The fourth-order valence-corrected chi connectivity index (χ4v) is 3.88. The van der Waals surface area contributed by atoms with Gasteiger partial charge in [0.1, 0.15) is 18.2 Å². The molecule has 3 heterocycles. The molecular formula is C17H19N3OS. The van der Waals surface area contributed by atoms with E-state index < -0.39 is 0 Å². The van der Waals surface area contributed by atoms with Crippen LogP contribution in [0.3, 0.4) is 0 Å².